The first-order chi connectivity index (χ1) is 9.56. The molecule has 0 bridgehead atoms. The lowest BCUT2D eigenvalue weighted by molar-refractivity contribution is -0.714. The van der Waals surface area contributed by atoms with Gasteiger partial charge in [0.2, 0.25) is 0 Å². The van der Waals surface area contributed by atoms with E-state index < -0.39 is 0 Å². The first-order valence-corrected chi connectivity index (χ1v) is 7.49. The van der Waals surface area contributed by atoms with Gasteiger partial charge < -0.3 is 0 Å². The van der Waals surface area contributed by atoms with Crippen LogP contribution in [0.1, 0.15) is 35.4 Å². The van der Waals surface area contributed by atoms with Crippen LogP contribution in [0, 0.1) is 27.7 Å². The third-order valence-corrected chi connectivity index (χ3v) is 3.85. The second-order valence-electron chi connectivity index (χ2n) is 5.79. The summed E-state index contributed by atoms with van der Waals surface area (Å²) in [5.74, 6) is 0. The molecular weight excluding hydrogens is 244 g/mol. The van der Waals surface area contributed by atoms with E-state index in [0.29, 0.717) is 0 Å². The summed E-state index contributed by atoms with van der Waals surface area (Å²) in [5, 5.41) is 0. The van der Waals surface area contributed by atoms with Crippen LogP contribution >= 0.6 is 0 Å². The molecule has 0 atom stereocenters. The summed E-state index contributed by atoms with van der Waals surface area (Å²) in [5.41, 5.74) is 5.35. The minimum atomic E-state index is 1.11. The summed E-state index contributed by atoms with van der Waals surface area (Å²) >= 11 is 0. The lowest BCUT2D eigenvalue weighted by atomic mass is 10.2. The number of pyridine rings is 2. The molecule has 0 aliphatic rings. The SMILES string of the molecule is Cc1ccc(C)[n+](CCCC[n+]2cc(C)ccc2C)c1. The van der Waals surface area contributed by atoms with Gasteiger partial charge in [-0.3, -0.25) is 0 Å². The molecule has 0 spiro atoms. The molecule has 20 heavy (non-hydrogen) atoms. The molecule has 0 fully saturated rings. The molecule has 2 heteroatoms. The van der Waals surface area contributed by atoms with Gasteiger partial charge in [0.15, 0.2) is 23.8 Å². The van der Waals surface area contributed by atoms with Crippen LogP contribution in [0.25, 0.3) is 0 Å². The molecule has 0 saturated carbocycles. The Morgan fingerprint density at radius 3 is 1.45 bits per heavy atom. The predicted molar refractivity (Wildman–Crippen MR) is 81.5 cm³/mol. The molecule has 2 heterocycles. The van der Waals surface area contributed by atoms with Crippen molar-refractivity contribution in [1.29, 1.82) is 0 Å². The smallest absolute Gasteiger partial charge is 0.178 e. The highest BCUT2D eigenvalue weighted by molar-refractivity contribution is 5.06. The average molecular weight is 270 g/mol. The maximum Gasteiger partial charge on any atom is 0.178 e. The fourth-order valence-electron chi connectivity index (χ4n) is 2.52. The lowest BCUT2D eigenvalue weighted by Crippen LogP contribution is -2.39. The first-order valence-electron chi connectivity index (χ1n) is 7.49. The molecule has 0 aliphatic carbocycles. The topological polar surface area (TPSA) is 7.76 Å². The van der Waals surface area contributed by atoms with Crippen LogP contribution in [0.2, 0.25) is 0 Å². The van der Waals surface area contributed by atoms with Crippen molar-refractivity contribution in [1.82, 2.24) is 0 Å². The van der Waals surface area contributed by atoms with Gasteiger partial charge in [0.1, 0.15) is 13.1 Å². The van der Waals surface area contributed by atoms with Gasteiger partial charge in [-0.1, -0.05) is 0 Å². The van der Waals surface area contributed by atoms with Crippen molar-refractivity contribution in [2.24, 2.45) is 0 Å². The molecular formula is C18H26N2+2. The number of hydrogen-bond donors (Lipinski definition) is 0. The zero-order valence-corrected chi connectivity index (χ0v) is 13.2. The summed E-state index contributed by atoms with van der Waals surface area (Å²) in [4.78, 5) is 0. The Balaban J connectivity index is 1.87. The van der Waals surface area contributed by atoms with Crippen molar-refractivity contribution < 1.29 is 9.13 Å². The molecule has 2 nitrogen and oxygen atoms in total. The van der Waals surface area contributed by atoms with Gasteiger partial charge in [-0.05, 0) is 26.0 Å². The molecule has 106 valence electrons. The van der Waals surface area contributed by atoms with E-state index in [1.165, 1.54) is 35.4 Å². The Kier molecular flexibility index (Phi) is 4.89. The van der Waals surface area contributed by atoms with Crippen LogP contribution in [-0.2, 0) is 13.1 Å². The fraction of sp³-hybridized carbons (Fsp3) is 0.444. The van der Waals surface area contributed by atoms with E-state index in [0.717, 1.165) is 13.1 Å². The number of rotatable bonds is 5. The molecule has 0 aliphatic heterocycles. The summed E-state index contributed by atoms with van der Waals surface area (Å²) < 4.78 is 4.73. The molecule has 2 aromatic heterocycles. The predicted octanol–water partition coefficient (Wildman–Crippen LogP) is 2.98. The summed E-state index contributed by atoms with van der Waals surface area (Å²) in [6, 6.07) is 8.76. The average Bonchev–Trinajstić information content (AvgIpc) is 2.42. The molecule has 0 saturated heterocycles. The van der Waals surface area contributed by atoms with E-state index in [1.807, 2.05) is 0 Å². The summed E-state index contributed by atoms with van der Waals surface area (Å²) in [6.45, 7) is 10.9. The monoisotopic (exact) mass is 270 g/mol. The van der Waals surface area contributed by atoms with Crippen LogP contribution in [0.5, 0.6) is 0 Å². The Bertz CT molecular complexity index is 534. The van der Waals surface area contributed by atoms with Gasteiger partial charge in [0.05, 0.1) is 0 Å². The molecule has 0 unspecified atom stereocenters. The largest absolute Gasteiger partial charge is 0.202 e. The van der Waals surface area contributed by atoms with Crippen molar-refractivity contribution in [3.8, 4) is 0 Å². The Labute approximate surface area is 122 Å². The number of nitrogens with zero attached hydrogens (tertiary/aromatic N) is 2. The second-order valence-corrected chi connectivity index (χ2v) is 5.79. The van der Waals surface area contributed by atoms with Gasteiger partial charge >= 0.3 is 0 Å². The van der Waals surface area contributed by atoms with Gasteiger partial charge in [0, 0.05) is 49.9 Å². The van der Waals surface area contributed by atoms with Crippen LogP contribution in [0.15, 0.2) is 36.7 Å². The number of hydrogen-bond acceptors (Lipinski definition) is 0. The molecule has 0 N–H and O–H groups in total. The van der Waals surface area contributed by atoms with Crippen molar-refractivity contribution >= 4 is 0 Å². The van der Waals surface area contributed by atoms with Crippen LogP contribution in [0.4, 0.5) is 0 Å². The van der Waals surface area contributed by atoms with Gasteiger partial charge in [-0.2, -0.15) is 0 Å². The Morgan fingerprint density at radius 1 is 0.650 bits per heavy atom. The minimum absolute atomic E-state index is 1.11. The highest BCUT2D eigenvalue weighted by Gasteiger charge is 2.09. The van der Waals surface area contributed by atoms with Crippen molar-refractivity contribution in [2.45, 2.75) is 53.6 Å². The van der Waals surface area contributed by atoms with Crippen molar-refractivity contribution in [3.05, 3.63) is 59.2 Å². The number of aromatic nitrogens is 2. The summed E-state index contributed by atoms with van der Waals surface area (Å²) in [6.07, 6.45) is 6.94. The standard InChI is InChI=1S/C18H26N2/c1-15-7-9-17(3)19(13-15)11-5-6-12-20-14-16(2)8-10-18(20)4/h7-10,13-14H,5-6,11-12H2,1-4H3/q+2. The van der Waals surface area contributed by atoms with Crippen LogP contribution in [0.3, 0.4) is 0 Å². The van der Waals surface area contributed by atoms with Gasteiger partial charge in [-0.25, -0.2) is 9.13 Å². The zero-order chi connectivity index (χ0) is 14.5. The van der Waals surface area contributed by atoms with Crippen LogP contribution < -0.4 is 9.13 Å². The minimum Gasteiger partial charge on any atom is -0.202 e. The highest BCUT2D eigenvalue weighted by Crippen LogP contribution is 1.99. The lowest BCUT2D eigenvalue weighted by Gasteiger charge is -2.03. The van der Waals surface area contributed by atoms with Crippen molar-refractivity contribution in [2.75, 3.05) is 0 Å². The zero-order valence-electron chi connectivity index (χ0n) is 13.2. The third-order valence-electron chi connectivity index (χ3n) is 3.85. The molecule has 0 aromatic carbocycles. The normalized spacial score (nSPS) is 10.8. The summed E-state index contributed by atoms with van der Waals surface area (Å²) in [7, 11) is 0. The maximum absolute atomic E-state index is 2.36. The van der Waals surface area contributed by atoms with E-state index in [-0.39, 0.29) is 0 Å². The van der Waals surface area contributed by atoms with Crippen molar-refractivity contribution in [3.63, 3.8) is 0 Å². The fourth-order valence-corrected chi connectivity index (χ4v) is 2.52. The first kappa shape index (κ1) is 14.7. The van der Waals surface area contributed by atoms with Crippen LogP contribution in [-0.4, -0.2) is 0 Å². The quantitative estimate of drug-likeness (QED) is 0.583. The van der Waals surface area contributed by atoms with E-state index in [2.05, 4.69) is 73.5 Å². The number of aryl methyl sites for hydroxylation is 6. The Morgan fingerprint density at radius 2 is 1.05 bits per heavy atom. The second kappa shape index (κ2) is 6.65. The highest BCUT2D eigenvalue weighted by atomic mass is 15.0. The van der Waals surface area contributed by atoms with E-state index >= 15 is 0 Å². The third kappa shape index (κ3) is 3.89. The van der Waals surface area contributed by atoms with E-state index in [9.17, 15) is 0 Å². The molecule has 0 amide bonds. The van der Waals surface area contributed by atoms with Gasteiger partial charge in [0.25, 0.3) is 0 Å². The molecule has 2 aromatic rings. The van der Waals surface area contributed by atoms with Gasteiger partial charge in [-0.15, -0.1) is 0 Å². The number of unbranched alkanes of at least 4 members (excludes halogenated alkanes) is 1. The molecule has 0 radical (unpaired) electrons. The van der Waals surface area contributed by atoms with E-state index in [1.54, 1.807) is 0 Å². The maximum atomic E-state index is 2.36. The Hall–Kier alpha value is -1.70. The molecule has 2 rings (SSSR count). The van der Waals surface area contributed by atoms with E-state index in [4.69, 9.17) is 0 Å².